The van der Waals surface area contributed by atoms with Crippen LogP contribution in [-0.2, 0) is 20.9 Å². The molecule has 2 unspecified atom stereocenters. The van der Waals surface area contributed by atoms with Crippen molar-refractivity contribution in [3.8, 4) is 0 Å². The van der Waals surface area contributed by atoms with E-state index in [2.05, 4.69) is 11.0 Å². The normalized spacial score (nSPS) is 20.2. The molecule has 2 aromatic carbocycles. The number of carboxylic acids is 1. The predicted molar refractivity (Wildman–Crippen MR) is 138 cm³/mol. The van der Waals surface area contributed by atoms with Gasteiger partial charge in [0.1, 0.15) is 18.2 Å². The van der Waals surface area contributed by atoms with Gasteiger partial charge in [0.15, 0.2) is 0 Å². The quantitative estimate of drug-likeness (QED) is 0.429. The summed E-state index contributed by atoms with van der Waals surface area (Å²) in [6.45, 7) is 0.729. The van der Waals surface area contributed by atoms with Gasteiger partial charge in [0, 0.05) is 43.4 Å². The summed E-state index contributed by atoms with van der Waals surface area (Å²) in [5.74, 6) is -4.44. The van der Waals surface area contributed by atoms with Gasteiger partial charge in [-0.2, -0.15) is 13.2 Å². The molecule has 2 amide bonds. The highest BCUT2D eigenvalue weighted by Crippen LogP contribution is 2.43. The Morgan fingerprint density at radius 1 is 1.05 bits per heavy atom. The lowest BCUT2D eigenvalue weighted by Gasteiger charge is -2.40. The number of hydrogen-bond donors (Lipinski definition) is 2. The van der Waals surface area contributed by atoms with E-state index < -0.39 is 29.7 Å². The van der Waals surface area contributed by atoms with E-state index in [0.29, 0.717) is 36.7 Å². The lowest BCUT2D eigenvalue weighted by molar-refractivity contribution is -0.192. The standard InChI is InChI=1S/C26H31F2N3O3.C2HF3O2/c1-34-16-25(32)30(15-22-23(27)6-3-7-24(22)28)10-11-31-20-8-9-21(31)14-19(13-20)17-4-2-5-18(12-17)26(29)33;3-2(4,5)1(6)7/h2-7,12,19-21H,8-11,13-16H2,1H3,(H2,29,33);(H,6,7). The van der Waals surface area contributed by atoms with E-state index in [-0.39, 0.29) is 24.6 Å². The summed E-state index contributed by atoms with van der Waals surface area (Å²) in [6.07, 6.45) is -1.01. The molecule has 2 bridgehead atoms. The Morgan fingerprint density at radius 2 is 1.61 bits per heavy atom. The maximum absolute atomic E-state index is 14.2. The molecular formula is C28H32F5N3O5. The molecule has 2 heterocycles. The molecule has 0 aliphatic carbocycles. The van der Waals surface area contributed by atoms with Crippen molar-refractivity contribution in [3.63, 3.8) is 0 Å². The number of amides is 2. The number of hydrogen-bond acceptors (Lipinski definition) is 5. The summed E-state index contributed by atoms with van der Waals surface area (Å²) in [7, 11) is 1.43. The van der Waals surface area contributed by atoms with E-state index in [9.17, 15) is 31.5 Å². The lowest BCUT2D eigenvalue weighted by Crippen LogP contribution is -2.47. The second-order valence-electron chi connectivity index (χ2n) is 10.0. The summed E-state index contributed by atoms with van der Waals surface area (Å²) in [5, 5.41) is 7.12. The number of nitrogens with two attached hydrogens (primary N) is 1. The van der Waals surface area contributed by atoms with Gasteiger partial charge in [-0.15, -0.1) is 0 Å². The molecule has 0 radical (unpaired) electrons. The van der Waals surface area contributed by atoms with Crippen LogP contribution in [0, 0.1) is 11.6 Å². The van der Waals surface area contributed by atoms with Crippen LogP contribution in [0.1, 0.15) is 53.1 Å². The van der Waals surface area contributed by atoms with Crippen LogP contribution < -0.4 is 5.73 Å². The van der Waals surface area contributed by atoms with E-state index >= 15 is 0 Å². The molecule has 2 aliphatic rings. The van der Waals surface area contributed by atoms with Crippen molar-refractivity contribution >= 4 is 17.8 Å². The lowest BCUT2D eigenvalue weighted by atomic mass is 9.84. The van der Waals surface area contributed by atoms with Gasteiger partial charge in [-0.1, -0.05) is 18.2 Å². The third-order valence-corrected chi connectivity index (χ3v) is 7.43. The number of nitrogens with zero attached hydrogens (tertiary/aromatic N) is 2. The zero-order valence-electron chi connectivity index (χ0n) is 22.4. The number of alkyl halides is 3. The number of fused-ring (bicyclic) bond motifs is 2. The third kappa shape index (κ3) is 8.46. The first kappa shape index (κ1) is 31.9. The molecule has 224 valence electrons. The van der Waals surface area contributed by atoms with Gasteiger partial charge in [0.05, 0.1) is 6.54 Å². The Morgan fingerprint density at radius 3 is 2.12 bits per heavy atom. The molecular weight excluding hydrogens is 553 g/mol. The minimum Gasteiger partial charge on any atom is -0.475 e. The van der Waals surface area contributed by atoms with Gasteiger partial charge < -0.3 is 20.5 Å². The second-order valence-corrected chi connectivity index (χ2v) is 10.0. The van der Waals surface area contributed by atoms with Crippen molar-refractivity contribution < 1.29 is 46.2 Å². The molecule has 2 aliphatic heterocycles. The Bertz CT molecular complexity index is 1210. The molecule has 0 aromatic heterocycles. The van der Waals surface area contributed by atoms with Crippen LogP contribution in [0.3, 0.4) is 0 Å². The van der Waals surface area contributed by atoms with Crippen LogP contribution in [0.25, 0.3) is 0 Å². The average Bonchev–Trinajstić information content (AvgIpc) is 3.14. The monoisotopic (exact) mass is 585 g/mol. The van der Waals surface area contributed by atoms with Crippen LogP contribution in [-0.4, -0.2) is 77.8 Å². The highest BCUT2D eigenvalue weighted by molar-refractivity contribution is 5.92. The molecule has 2 aromatic rings. The van der Waals surface area contributed by atoms with Crippen molar-refractivity contribution in [2.75, 3.05) is 26.8 Å². The molecule has 2 fully saturated rings. The number of piperidine rings is 1. The van der Waals surface area contributed by atoms with Gasteiger partial charge in [-0.05, 0) is 61.4 Å². The molecule has 0 saturated carbocycles. The molecule has 3 N–H and O–H groups in total. The van der Waals surface area contributed by atoms with Crippen LogP contribution in [0.15, 0.2) is 42.5 Å². The van der Waals surface area contributed by atoms with Crippen LogP contribution in [0.5, 0.6) is 0 Å². The molecule has 13 heteroatoms. The fourth-order valence-electron chi connectivity index (χ4n) is 5.47. The third-order valence-electron chi connectivity index (χ3n) is 7.43. The van der Waals surface area contributed by atoms with E-state index in [1.54, 1.807) is 6.07 Å². The van der Waals surface area contributed by atoms with Crippen molar-refractivity contribution in [2.45, 2.75) is 56.4 Å². The van der Waals surface area contributed by atoms with Gasteiger partial charge in [-0.3, -0.25) is 14.5 Å². The minimum absolute atomic E-state index is 0.108. The van der Waals surface area contributed by atoms with Crippen LogP contribution in [0.4, 0.5) is 22.0 Å². The summed E-state index contributed by atoms with van der Waals surface area (Å²) in [6, 6.07) is 12.0. The number of benzene rings is 2. The molecule has 0 spiro atoms. The molecule has 2 atom stereocenters. The molecule has 41 heavy (non-hydrogen) atoms. The number of methoxy groups -OCH3 is 1. The van der Waals surface area contributed by atoms with Crippen molar-refractivity contribution in [3.05, 3.63) is 70.8 Å². The zero-order chi connectivity index (χ0) is 30.3. The molecule has 8 nitrogen and oxygen atoms in total. The van der Waals surface area contributed by atoms with Crippen molar-refractivity contribution in [2.24, 2.45) is 5.73 Å². The van der Waals surface area contributed by atoms with E-state index in [4.69, 9.17) is 20.4 Å². The number of aliphatic carboxylic acids is 1. The zero-order valence-corrected chi connectivity index (χ0v) is 22.4. The second kappa shape index (κ2) is 13.9. The van der Waals surface area contributed by atoms with Gasteiger partial charge in [-0.25, -0.2) is 13.6 Å². The Balaban J connectivity index is 0.000000587. The summed E-state index contributed by atoms with van der Waals surface area (Å²) >= 11 is 0. The molecule has 2 saturated heterocycles. The topological polar surface area (TPSA) is 113 Å². The first-order chi connectivity index (χ1) is 19.3. The maximum atomic E-state index is 14.2. The maximum Gasteiger partial charge on any atom is 0.490 e. The predicted octanol–water partition coefficient (Wildman–Crippen LogP) is 4.08. The van der Waals surface area contributed by atoms with E-state index in [1.165, 1.54) is 30.2 Å². The number of rotatable bonds is 9. The molecule has 4 rings (SSSR count). The smallest absolute Gasteiger partial charge is 0.475 e. The highest BCUT2D eigenvalue weighted by Gasteiger charge is 2.41. The first-order valence-corrected chi connectivity index (χ1v) is 13.0. The fraction of sp³-hybridized carbons (Fsp3) is 0.464. The number of primary amides is 1. The van der Waals surface area contributed by atoms with Crippen LogP contribution >= 0.6 is 0 Å². The summed E-state index contributed by atoms with van der Waals surface area (Å²) in [4.78, 5) is 37.0. The fourth-order valence-corrected chi connectivity index (χ4v) is 5.47. The van der Waals surface area contributed by atoms with Crippen molar-refractivity contribution in [1.29, 1.82) is 0 Å². The van der Waals surface area contributed by atoms with E-state index in [0.717, 1.165) is 31.2 Å². The Labute approximate surface area is 233 Å². The van der Waals surface area contributed by atoms with Gasteiger partial charge in [0.2, 0.25) is 11.8 Å². The highest BCUT2D eigenvalue weighted by atomic mass is 19.4. The number of carbonyl (C=O) groups is 3. The SMILES string of the molecule is COCC(=O)N(CCN1C2CCC1CC(c1cccc(C(N)=O)c1)C2)Cc1c(F)cccc1F.O=C(O)C(F)(F)F. The number of ether oxygens (including phenoxy) is 1. The summed E-state index contributed by atoms with van der Waals surface area (Å²) < 4.78 is 65.2. The van der Waals surface area contributed by atoms with E-state index in [1.807, 2.05) is 12.1 Å². The van der Waals surface area contributed by atoms with Gasteiger partial charge in [0.25, 0.3) is 0 Å². The number of carboxylic acid groups (broad SMARTS) is 1. The number of halogens is 5. The largest absolute Gasteiger partial charge is 0.490 e. The van der Waals surface area contributed by atoms with Crippen LogP contribution in [0.2, 0.25) is 0 Å². The van der Waals surface area contributed by atoms with Gasteiger partial charge >= 0.3 is 12.1 Å². The number of carbonyl (C=O) groups excluding carboxylic acids is 2. The minimum atomic E-state index is -5.08. The van der Waals surface area contributed by atoms with Crippen molar-refractivity contribution in [1.82, 2.24) is 9.80 Å². The summed E-state index contributed by atoms with van der Waals surface area (Å²) in [5.41, 5.74) is 7.01. The Kier molecular flexibility index (Phi) is 10.8. The Hall–Kier alpha value is -3.58. The first-order valence-electron chi connectivity index (χ1n) is 13.0. The average molecular weight is 586 g/mol.